The van der Waals surface area contributed by atoms with Crippen molar-refractivity contribution in [1.29, 1.82) is 0 Å². The van der Waals surface area contributed by atoms with Crippen molar-refractivity contribution < 1.29 is 0 Å². The van der Waals surface area contributed by atoms with Crippen LogP contribution in [0.5, 0.6) is 0 Å². The Morgan fingerprint density at radius 1 is 0.806 bits per heavy atom. The van der Waals surface area contributed by atoms with Gasteiger partial charge in [0.15, 0.2) is 5.82 Å². The second-order valence-corrected chi connectivity index (χ2v) is 10.9. The SMILES string of the molecule is C1CCc2c(sc3nc(C4CC4)nc(N4CCCC[C@H]4c4nnc5n4CCCC5)c23)C1. The molecule has 0 unspecified atom stereocenters. The molecular formula is C24H30N6S. The van der Waals surface area contributed by atoms with E-state index < -0.39 is 0 Å². The van der Waals surface area contributed by atoms with Crippen LogP contribution in [0.3, 0.4) is 0 Å². The molecule has 0 radical (unpaired) electrons. The third kappa shape index (κ3) is 3.03. The Morgan fingerprint density at radius 3 is 2.61 bits per heavy atom. The summed E-state index contributed by atoms with van der Waals surface area (Å²) in [7, 11) is 0. The molecule has 1 saturated heterocycles. The highest BCUT2D eigenvalue weighted by Crippen LogP contribution is 2.46. The normalized spacial score (nSPS) is 23.7. The Morgan fingerprint density at radius 2 is 1.68 bits per heavy atom. The Balaban J connectivity index is 1.39. The Labute approximate surface area is 187 Å². The first-order valence-corrected chi connectivity index (χ1v) is 13.2. The van der Waals surface area contributed by atoms with Crippen LogP contribution in [0.15, 0.2) is 0 Å². The second-order valence-electron chi connectivity index (χ2n) is 9.86. The Kier molecular flexibility index (Phi) is 4.34. The first-order chi connectivity index (χ1) is 15.4. The van der Waals surface area contributed by atoms with Gasteiger partial charge in [-0.15, -0.1) is 21.5 Å². The zero-order valence-corrected chi connectivity index (χ0v) is 19.0. The quantitative estimate of drug-likeness (QED) is 0.573. The van der Waals surface area contributed by atoms with E-state index in [0.29, 0.717) is 5.92 Å². The second kappa shape index (κ2) is 7.26. The highest BCUT2D eigenvalue weighted by atomic mass is 32.1. The molecule has 3 aromatic heterocycles. The van der Waals surface area contributed by atoms with Crippen LogP contribution >= 0.6 is 11.3 Å². The highest BCUT2D eigenvalue weighted by Gasteiger charge is 2.35. The van der Waals surface area contributed by atoms with Crippen molar-refractivity contribution in [3.63, 3.8) is 0 Å². The van der Waals surface area contributed by atoms with Crippen molar-refractivity contribution in [2.75, 3.05) is 11.4 Å². The lowest BCUT2D eigenvalue weighted by Crippen LogP contribution is -2.36. The number of rotatable bonds is 3. The van der Waals surface area contributed by atoms with Crippen molar-refractivity contribution in [2.45, 2.75) is 95.6 Å². The number of hydrogen-bond donors (Lipinski definition) is 0. The molecule has 1 saturated carbocycles. The summed E-state index contributed by atoms with van der Waals surface area (Å²) in [6.07, 6.45) is 14.7. The molecule has 6 nitrogen and oxygen atoms in total. The molecule has 1 atom stereocenters. The molecule has 0 bridgehead atoms. The molecule has 162 valence electrons. The van der Waals surface area contributed by atoms with Gasteiger partial charge >= 0.3 is 0 Å². The van der Waals surface area contributed by atoms with Crippen molar-refractivity contribution >= 4 is 27.4 Å². The lowest BCUT2D eigenvalue weighted by atomic mass is 9.95. The summed E-state index contributed by atoms with van der Waals surface area (Å²) in [6, 6.07) is 0.289. The number of fused-ring (bicyclic) bond motifs is 4. The van der Waals surface area contributed by atoms with Crippen LogP contribution in [0.2, 0.25) is 0 Å². The van der Waals surface area contributed by atoms with Crippen LogP contribution < -0.4 is 4.90 Å². The van der Waals surface area contributed by atoms with Gasteiger partial charge in [0, 0.05) is 30.3 Å². The summed E-state index contributed by atoms with van der Waals surface area (Å²) in [6.45, 7) is 2.13. The number of hydrogen-bond acceptors (Lipinski definition) is 6. The van der Waals surface area contributed by atoms with Gasteiger partial charge in [0.1, 0.15) is 22.3 Å². The van der Waals surface area contributed by atoms with Gasteiger partial charge in [-0.1, -0.05) is 0 Å². The summed E-state index contributed by atoms with van der Waals surface area (Å²) < 4.78 is 2.43. The van der Waals surface area contributed by atoms with E-state index >= 15 is 0 Å². The number of nitrogens with zero attached hydrogens (tertiary/aromatic N) is 6. The van der Waals surface area contributed by atoms with E-state index in [1.54, 1.807) is 10.4 Å². The molecule has 0 aromatic carbocycles. The minimum atomic E-state index is 0.289. The van der Waals surface area contributed by atoms with Crippen LogP contribution in [0.1, 0.15) is 97.7 Å². The molecule has 2 fully saturated rings. The third-order valence-electron chi connectivity index (χ3n) is 7.72. The summed E-state index contributed by atoms with van der Waals surface area (Å²) in [5, 5.41) is 10.7. The number of anilines is 1. The zero-order valence-electron chi connectivity index (χ0n) is 18.1. The van der Waals surface area contributed by atoms with Gasteiger partial charge < -0.3 is 9.47 Å². The maximum absolute atomic E-state index is 5.30. The first-order valence-electron chi connectivity index (χ1n) is 12.4. The number of piperidine rings is 1. The van der Waals surface area contributed by atoms with Crippen LogP contribution in [-0.2, 0) is 25.8 Å². The molecule has 3 aromatic rings. The molecule has 0 spiro atoms. The Bertz CT molecular complexity index is 1140. The zero-order chi connectivity index (χ0) is 20.4. The van der Waals surface area contributed by atoms with Gasteiger partial charge in [0.05, 0.1) is 11.4 Å². The molecule has 5 heterocycles. The lowest BCUT2D eigenvalue weighted by molar-refractivity contribution is 0.421. The van der Waals surface area contributed by atoms with E-state index in [1.165, 1.54) is 91.9 Å². The van der Waals surface area contributed by atoms with E-state index in [1.807, 2.05) is 11.3 Å². The lowest BCUT2D eigenvalue weighted by Gasteiger charge is -2.37. The fourth-order valence-corrected chi connectivity index (χ4v) is 7.18. The fourth-order valence-electron chi connectivity index (χ4n) is 5.92. The van der Waals surface area contributed by atoms with Crippen LogP contribution in [-0.4, -0.2) is 31.3 Å². The van der Waals surface area contributed by atoms with Crippen molar-refractivity contribution in [1.82, 2.24) is 24.7 Å². The molecular weight excluding hydrogens is 404 g/mol. The minimum absolute atomic E-state index is 0.289. The van der Waals surface area contributed by atoms with Crippen molar-refractivity contribution in [2.24, 2.45) is 0 Å². The van der Waals surface area contributed by atoms with E-state index in [2.05, 4.69) is 14.6 Å². The van der Waals surface area contributed by atoms with Gasteiger partial charge in [-0.25, -0.2) is 9.97 Å². The van der Waals surface area contributed by atoms with E-state index in [-0.39, 0.29) is 6.04 Å². The molecule has 7 rings (SSSR count). The summed E-state index contributed by atoms with van der Waals surface area (Å²) in [4.78, 5) is 15.8. The van der Waals surface area contributed by atoms with Gasteiger partial charge in [-0.05, 0) is 76.2 Å². The van der Waals surface area contributed by atoms with E-state index in [9.17, 15) is 0 Å². The average molecular weight is 435 g/mol. The maximum atomic E-state index is 5.30. The molecule has 0 N–H and O–H groups in total. The highest BCUT2D eigenvalue weighted by molar-refractivity contribution is 7.19. The third-order valence-corrected chi connectivity index (χ3v) is 8.90. The van der Waals surface area contributed by atoms with Gasteiger partial charge in [0.25, 0.3) is 0 Å². The van der Waals surface area contributed by atoms with Gasteiger partial charge in [-0.3, -0.25) is 0 Å². The van der Waals surface area contributed by atoms with Crippen LogP contribution in [0.4, 0.5) is 5.82 Å². The number of thiophene rings is 1. The van der Waals surface area contributed by atoms with Crippen molar-refractivity contribution in [3.8, 4) is 0 Å². The molecule has 0 amide bonds. The predicted octanol–water partition coefficient (Wildman–Crippen LogP) is 5.11. The average Bonchev–Trinajstić information content (AvgIpc) is 3.47. The monoisotopic (exact) mass is 434 g/mol. The molecule has 2 aliphatic heterocycles. The largest absolute Gasteiger partial charge is 0.346 e. The van der Waals surface area contributed by atoms with Crippen LogP contribution in [0.25, 0.3) is 10.2 Å². The minimum Gasteiger partial charge on any atom is -0.346 e. The van der Waals surface area contributed by atoms with E-state index in [0.717, 1.165) is 31.8 Å². The topological polar surface area (TPSA) is 59.7 Å². The van der Waals surface area contributed by atoms with E-state index in [4.69, 9.17) is 15.1 Å². The predicted molar refractivity (Wildman–Crippen MR) is 123 cm³/mol. The molecule has 31 heavy (non-hydrogen) atoms. The number of aromatic nitrogens is 5. The van der Waals surface area contributed by atoms with Gasteiger partial charge in [-0.2, -0.15) is 0 Å². The summed E-state index contributed by atoms with van der Waals surface area (Å²) in [5.74, 6) is 5.24. The summed E-state index contributed by atoms with van der Waals surface area (Å²) >= 11 is 1.95. The molecule has 4 aliphatic rings. The smallest absolute Gasteiger partial charge is 0.155 e. The summed E-state index contributed by atoms with van der Waals surface area (Å²) in [5.41, 5.74) is 1.55. The molecule has 7 heteroatoms. The first kappa shape index (κ1) is 18.5. The number of aryl methyl sites for hydroxylation is 3. The Hall–Kier alpha value is -2.02. The standard InChI is InChI=1S/C24H30N6S/c1-2-9-18-16(7-1)20-23(25-21(15-11-12-15)26-24(20)31-18)29-13-5-3-8-17(29)22-28-27-19-10-4-6-14-30(19)22/h15,17H,1-14H2/t17-/m0/s1. The van der Waals surface area contributed by atoms with Crippen LogP contribution in [0, 0.1) is 0 Å². The van der Waals surface area contributed by atoms with Gasteiger partial charge in [0.2, 0.25) is 0 Å². The maximum Gasteiger partial charge on any atom is 0.155 e. The fraction of sp³-hybridized carbons (Fsp3) is 0.667. The van der Waals surface area contributed by atoms with Crippen molar-refractivity contribution in [3.05, 3.63) is 27.9 Å². The molecule has 2 aliphatic carbocycles.